The molecule has 2 N–H and O–H groups in total. The number of amides is 1. The molecule has 0 radical (unpaired) electrons. The molecule has 7 heteroatoms. The normalized spacial score (nSPS) is 10.7. The molecule has 0 fully saturated rings. The van der Waals surface area contributed by atoms with Crippen LogP contribution in [0.3, 0.4) is 0 Å². The van der Waals surface area contributed by atoms with Gasteiger partial charge in [-0.2, -0.15) is 10.2 Å². The summed E-state index contributed by atoms with van der Waals surface area (Å²) in [6.07, 6.45) is 1.39. The van der Waals surface area contributed by atoms with E-state index in [-0.39, 0.29) is 16.6 Å². The first-order valence-corrected chi connectivity index (χ1v) is 7.06. The fraction of sp³-hybridized carbons (Fsp3) is 0.133. The molecule has 1 aromatic carbocycles. The summed E-state index contributed by atoms with van der Waals surface area (Å²) < 4.78 is 1.85. The van der Waals surface area contributed by atoms with Gasteiger partial charge in [0.1, 0.15) is 5.69 Å². The highest BCUT2D eigenvalue weighted by Gasteiger charge is 2.12. The number of aromatic nitrogens is 4. The van der Waals surface area contributed by atoms with E-state index in [9.17, 15) is 4.79 Å². The highest BCUT2D eigenvalue weighted by molar-refractivity contribution is 6.34. The van der Waals surface area contributed by atoms with Crippen LogP contribution in [0.25, 0.3) is 5.69 Å². The molecule has 0 spiro atoms. The minimum atomic E-state index is -0.332. The van der Waals surface area contributed by atoms with Gasteiger partial charge in [-0.1, -0.05) is 11.6 Å². The Morgan fingerprint density at radius 3 is 2.55 bits per heavy atom. The Morgan fingerprint density at radius 2 is 2.00 bits per heavy atom. The van der Waals surface area contributed by atoms with Crippen molar-refractivity contribution < 1.29 is 4.79 Å². The Hall–Kier alpha value is -2.60. The summed E-state index contributed by atoms with van der Waals surface area (Å²) in [6.45, 7) is 3.95. The van der Waals surface area contributed by atoms with Gasteiger partial charge in [0.2, 0.25) is 0 Å². The number of anilines is 1. The lowest BCUT2D eigenvalue weighted by Gasteiger charge is -2.07. The first-order valence-electron chi connectivity index (χ1n) is 6.68. The maximum atomic E-state index is 12.0. The molecule has 2 heterocycles. The van der Waals surface area contributed by atoms with Gasteiger partial charge in [-0.3, -0.25) is 9.89 Å². The van der Waals surface area contributed by atoms with Crippen molar-refractivity contribution in [3.8, 4) is 5.69 Å². The largest absolute Gasteiger partial charge is 0.321 e. The van der Waals surface area contributed by atoms with E-state index in [1.165, 1.54) is 6.20 Å². The molecule has 0 unspecified atom stereocenters. The van der Waals surface area contributed by atoms with E-state index < -0.39 is 0 Å². The lowest BCUT2D eigenvalue weighted by Crippen LogP contribution is -2.13. The van der Waals surface area contributed by atoms with Crippen molar-refractivity contribution >= 4 is 23.2 Å². The van der Waals surface area contributed by atoms with Gasteiger partial charge in [-0.15, -0.1) is 0 Å². The van der Waals surface area contributed by atoms with Crippen LogP contribution in [-0.2, 0) is 0 Å². The van der Waals surface area contributed by atoms with E-state index in [4.69, 9.17) is 11.6 Å². The van der Waals surface area contributed by atoms with Gasteiger partial charge in [0.15, 0.2) is 0 Å². The predicted molar refractivity (Wildman–Crippen MR) is 84.6 cm³/mol. The van der Waals surface area contributed by atoms with Crippen LogP contribution in [0.4, 0.5) is 5.69 Å². The molecule has 0 aliphatic rings. The molecule has 6 nitrogen and oxygen atoms in total. The van der Waals surface area contributed by atoms with Gasteiger partial charge in [0.25, 0.3) is 5.91 Å². The van der Waals surface area contributed by atoms with E-state index in [1.54, 1.807) is 0 Å². The second-order valence-electron chi connectivity index (χ2n) is 4.93. The molecule has 0 aliphatic heterocycles. The first-order chi connectivity index (χ1) is 10.5. The monoisotopic (exact) mass is 315 g/mol. The van der Waals surface area contributed by atoms with Gasteiger partial charge < -0.3 is 5.32 Å². The maximum Gasteiger partial charge on any atom is 0.275 e. The number of nitrogens with zero attached hydrogens (tertiary/aromatic N) is 3. The Bertz CT molecular complexity index is 819. The number of carbonyl (C=O) groups is 1. The van der Waals surface area contributed by atoms with Crippen LogP contribution in [0.15, 0.2) is 36.5 Å². The van der Waals surface area contributed by atoms with Crippen molar-refractivity contribution in [2.75, 3.05) is 5.32 Å². The molecule has 0 atom stereocenters. The van der Waals surface area contributed by atoms with Crippen molar-refractivity contribution in [2.24, 2.45) is 0 Å². The topological polar surface area (TPSA) is 75.6 Å². The first kappa shape index (κ1) is 14.3. The number of halogens is 1. The second-order valence-corrected chi connectivity index (χ2v) is 5.34. The van der Waals surface area contributed by atoms with Crippen molar-refractivity contribution in [1.82, 2.24) is 20.0 Å². The molecule has 22 heavy (non-hydrogen) atoms. The van der Waals surface area contributed by atoms with Crippen molar-refractivity contribution in [3.63, 3.8) is 0 Å². The molecule has 0 saturated heterocycles. The zero-order valence-corrected chi connectivity index (χ0v) is 12.8. The zero-order chi connectivity index (χ0) is 15.7. The summed E-state index contributed by atoms with van der Waals surface area (Å²) in [7, 11) is 0. The fourth-order valence-corrected chi connectivity index (χ4v) is 2.38. The quantitative estimate of drug-likeness (QED) is 0.779. The molecule has 3 rings (SSSR count). The lowest BCUT2D eigenvalue weighted by atomic mass is 10.2. The minimum Gasteiger partial charge on any atom is -0.321 e. The van der Waals surface area contributed by atoms with Crippen molar-refractivity contribution in [1.29, 1.82) is 0 Å². The molecule has 3 aromatic rings. The van der Waals surface area contributed by atoms with E-state index in [0.717, 1.165) is 17.1 Å². The van der Waals surface area contributed by atoms with Crippen LogP contribution in [0.1, 0.15) is 21.9 Å². The Kier molecular flexibility index (Phi) is 3.68. The van der Waals surface area contributed by atoms with E-state index in [2.05, 4.69) is 20.6 Å². The third-order valence-corrected chi connectivity index (χ3v) is 3.49. The SMILES string of the molecule is Cc1cc(C)n(-c2ccc(NC(=O)c3[nH]ncc3Cl)cc2)n1. The fourth-order valence-electron chi connectivity index (χ4n) is 2.20. The van der Waals surface area contributed by atoms with Crippen LogP contribution >= 0.6 is 11.6 Å². The van der Waals surface area contributed by atoms with Crippen LogP contribution in [-0.4, -0.2) is 25.9 Å². The molecular formula is C15H14ClN5O. The molecule has 0 saturated carbocycles. The minimum absolute atomic E-state index is 0.240. The van der Waals surface area contributed by atoms with Gasteiger partial charge in [-0.25, -0.2) is 4.68 Å². The molecule has 112 valence electrons. The highest BCUT2D eigenvalue weighted by Crippen LogP contribution is 2.17. The summed E-state index contributed by atoms with van der Waals surface area (Å²) in [5, 5.41) is 13.8. The maximum absolute atomic E-state index is 12.0. The van der Waals surface area contributed by atoms with E-state index >= 15 is 0 Å². The van der Waals surface area contributed by atoms with Gasteiger partial charge >= 0.3 is 0 Å². The third-order valence-electron chi connectivity index (χ3n) is 3.20. The standard InChI is InChI=1S/C15H14ClN5O/c1-9-7-10(2)21(20-9)12-5-3-11(4-6-12)18-15(22)14-13(16)8-17-19-14/h3-8H,1-2H3,(H,17,19)(H,18,22). The summed E-state index contributed by atoms with van der Waals surface area (Å²) in [5.74, 6) is -0.332. The Morgan fingerprint density at radius 1 is 1.27 bits per heavy atom. The number of aromatic amines is 1. The molecule has 0 bridgehead atoms. The number of hydrogen-bond acceptors (Lipinski definition) is 3. The van der Waals surface area contributed by atoms with Crippen LogP contribution in [0.5, 0.6) is 0 Å². The number of hydrogen-bond donors (Lipinski definition) is 2. The molecule has 1 amide bonds. The highest BCUT2D eigenvalue weighted by atomic mass is 35.5. The van der Waals surface area contributed by atoms with Gasteiger partial charge in [0, 0.05) is 11.4 Å². The third kappa shape index (κ3) is 2.73. The van der Waals surface area contributed by atoms with Crippen molar-refractivity contribution in [3.05, 3.63) is 58.6 Å². The Balaban J connectivity index is 1.79. The van der Waals surface area contributed by atoms with Crippen LogP contribution < -0.4 is 5.32 Å². The van der Waals surface area contributed by atoms with E-state index in [1.807, 2.05) is 48.9 Å². The average molecular weight is 316 g/mol. The summed E-state index contributed by atoms with van der Waals surface area (Å²) in [5.41, 5.74) is 3.86. The van der Waals surface area contributed by atoms with Crippen LogP contribution in [0.2, 0.25) is 5.02 Å². The predicted octanol–water partition coefficient (Wildman–Crippen LogP) is 3.12. The Labute approximate surface area is 132 Å². The summed E-state index contributed by atoms with van der Waals surface area (Å²) >= 11 is 5.86. The number of benzene rings is 1. The molecular weight excluding hydrogens is 302 g/mol. The zero-order valence-electron chi connectivity index (χ0n) is 12.1. The molecule has 0 aliphatic carbocycles. The number of aryl methyl sites for hydroxylation is 2. The summed E-state index contributed by atoms with van der Waals surface area (Å²) in [4.78, 5) is 12.0. The molecule has 2 aromatic heterocycles. The summed E-state index contributed by atoms with van der Waals surface area (Å²) in [6, 6.07) is 9.42. The average Bonchev–Trinajstić information content (AvgIpc) is 3.05. The lowest BCUT2D eigenvalue weighted by molar-refractivity contribution is 0.102. The number of H-pyrrole nitrogens is 1. The number of nitrogens with one attached hydrogen (secondary N) is 2. The van der Waals surface area contributed by atoms with E-state index in [0.29, 0.717) is 5.69 Å². The van der Waals surface area contributed by atoms with Gasteiger partial charge in [-0.05, 0) is 44.2 Å². The number of rotatable bonds is 3. The van der Waals surface area contributed by atoms with Gasteiger partial charge in [0.05, 0.1) is 22.6 Å². The van der Waals surface area contributed by atoms with Crippen LogP contribution in [0, 0.1) is 13.8 Å². The second kappa shape index (κ2) is 5.65. The number of carbonyl (C=O) groups excluding carboxylic acids is 1. The van der Waals surface area contributed by atoms with Crippen molar-refractivity contribution in [2.45, 2.75) is 13.8 Å². The smallest absolute Gasteiger partial charge is 0.275 e.